The van der Waals surface area contributed by atoms with Crippen LogP contribution < -0.4 is 0 Å². The van der Waals surface area contributed by atoms with Crippen LogP contribution in [0.25, 0.3) is 0 Å². The molecule has 10 heteroatoms. The zero-order valence-electron chi connectivity index (χ0n) is 10.3. The zero-order chi connectivity index (χ0) is 16.7. The van der Waals surface area contributed by atoms with Gasteiger partial charge in [-0.15, -0.1) is 0 Å². The molecule has 20 heavy (non-hydrogen) atoms. The third kappa shape index (κ3) is 7.54. The Morgan fingerprint density at radius 2 is 1.55 bits per heavy atom. The molecule has 0 fully saturated rings. The summed E-state index contributed by atoms with van der Waals surface area (Å²) in [4.78, 5) is 39.9. The first kappa shape index (κ1) is 20.4. The minimum atomic E-state index is -5.06. The maximum absolute atomic E-state index is 12.0. The molecule has 0 bridgehead atoms. The highest BCUT2D eigenvalue weighted by Gasteiger charge is 2.44. The quantitative estimate of drug-likeness (QED) is 0.611. The van der Waals surface area contributed by atoms with Gasteiger partial charge in [0.25, 0.3) is 0 Å². The van der Waals surface area contributed by atoms with Crippen molar-refractivity contribution >= 4 is 23.3 Å². The van der Waals surface area contributed by atoms with Gasteiger partial charge in [-0.1, -0.05) is 0 Å². The van der Waals surface area contributed by atoms with Gasteiger partial charge in [0.2, 0.25) is 17.7 Å². The van der Waals surface area contributed by atoms with E-state index in [0.29, 0.717) is 6.92 Å². The highest BCUT2D eigenvalue weighted by Crippen LogP contribution is 2.20. The molecule has 0 saturated heterocycles. The van der Waals surface area contributed by atoms with Gasteiger partial charge in [-0.05, 0) is 13.8 Å². The van der Waals surface area contributed by atoms with E-state index in [2.05, 4.69) is 0 Å². The number of carboxylic acids is 1. The lowest BCUT2D eigenvalue weighted by Gasteiger charge is -2.07. The van der Waals surface area contributed by atoms with Crippen molar-refractivity contribution in [1.29, 1.82) is 0 Å². The van der Waals surface area contributed by atoms with Crippen LogP contribution in [0.2, 0.25) is 0 Å². The van der Waals surface area contributed by atoms with E-state index in [1.165, 1.54) is 0 Å². The monoisotopic (exact) mass is 306 g/mol. The fraction of sp³-hybridized carbons (Fsp3) is 0.600. The molecule has 0 rings (SSSR count). The molecule has 0 saturated carbocycles. The summed E-state index contributed by atoms with van der Waals surface area (Å²) in [6, 6.07) is 0. The summed E-state index contributed by atoms with van der Waals surface area (Å²) in [6.45, 7) is 0.178. The topological polar surface area (TPSA) is 88.5 Å². The van der Waals surface area contributed by atoms with Crippen molar-refractivity contribution in [1.82, 2.24) is 0 Å². The van der Waals surface area contributed by atoms with Gasteiger partial charge in [0.15, 0.2) is 12.5 Å². The van der Waals surface area contributed by atoms with Gasteiger partial charge >= 0.3 is 12.1 Å². The molecule has 116 valence electrons. The van der Waals surface area contributed by atoms with Crippen molar-refractivity contribution in [3.8, 4) is 0 Å². The molecule has 0 heterocycles. The molecule has 0 aromatic rings. The van der Waals surface area contributed by atoms with Gasteiger partial charge in [0, 0.05) is 0 Å². The number of carbonyl (C=O) groups excluding carboxylic acids is 3. The maximum atomic E-state index is 12.0. The Bertz CT molecular complexity index is 390. The van der Waals surface area contributed by atoms with Gasteiger partial charge in [0.05, 0.1) is 0 Å². The van der Waals surface area contributed by atoms with Crippen molar-refractivity contribution in [3.63, 3.8) is 0 Å². The van der Waals surface area contributed by atoms with E-state index in [0.717, 1.165) is 6.92 Å². The van der Waals surface area contributed by atoms with Crippen LogP contribution in [-0.4, -0.2) is 47.4 Å². The van der Waals surface area contributed by atoms with Gasteiger partial charge in [-0.2, -0.15) is 13.2 Å². The van der Waals surface area contributed by atoms with Crippen LogP contribution in [0.5, 0.6) is 0 Å². The Kier molecular flexibility index (Phi) is 8.52. The van der Waals surface area contributed by atoms with Gasteiger partial charge < -0.3 is 5.11 Å². The van der Waals surface area contributed by atoms with Gasteiger partial charge in [0.1, 0.15) is 5.92 Å². The predicted octanol–water partition coefficient (Wildman–Crippen LogP) is 1.29. The maximum Gasteiger partial charge on any atom is 0.450 e. The summed E-state index contributed by atoms with van der Waals surface area (Å²) in [5.41, 5.74) is 0. The number of ketones is 3. The van der Waals surface area contributed by atoms with Gasteiger partial charge in [-0.3, -0.25) is 19.2 Å². The van der Waals surface area contributed by atoms with Crippen molar-refractivity contribution in [3.05, 3.63) is 0 Å². The number of carbonyl (C=O) groups is 4. The lowest BCUT2D eigenvalue weighted by Crippen LogP contribution is -2.33. The normalized spacial score (nSPS) is 13.6. The van der Waals surface area contributed by atoms with E-state index in [1.54, 1.807) is 0 Å². The summed E-state index contributed by atoms with van der Waals surface area (Å²) in [5.74, 6) is -8.27. The SMILES string of the molecule is CC(=O)C(F)C(=O)CF.CC(C(=O)O)C(=O)C(F)(F)F. The van der Waals surface area contributed by atoms with Crippen LogP contribution in [0.1, 0.15) is 13.8 Å². The second-order valence-corrected chi connectivity index (χ2v) is 3.50. The number of Topliss-reactive ketones (excluding diaryl/α,β-unsaturated/α-hetero) is 3. The van der Waals surface area contributed by atoms with E-state index in [1.807, 2.05) is 0 Å². The standard InChI is InChI=1S/C5H5F3O3.C5H6F2O2/c1-2(4(10)11)3(9)5(6,7)8;1-3(8)5(7)4(9)2-6/h2H,1H3,(H,10,11);5H,2H2,1H3. The average Bonchev–Trinajstić information content (AvgIpc) is 2.34. The second-order valence-electron chi connectivity index (χ2n) is 3.50. The number of carboxylic acid groups (broad SMARTS) is 1. The number of hydrogen-bond acceptors (Lipinski definition) is 4. The van der Waals surface area contributed by atoms with Crippen molar-refractivity contribution < 1.29 is 46.2 Å². The minimum Gasteiger partial charge on any atom is -0.481 e. The van der Waals surface area contributed by atoms with Crippen molar-refractivity contribution in [2.75, 3.05) is 6.67 Å². The molecule has 0 aliphatic carbocycles. The fourth-order valence-electron chi connectivity index (χ4n) is 0.652. The van der Waals surface area contributed by atoms with Gasteiger partial charge in [-0.25, -0.2) is 8.78 Å². The number of rotatable bonds is 5. The van der Waals surface area contributed by atoms with Crippen LogP contribution in [0.4, 0.5) is 22.0 Å². The first-order valence-corrected chi connectivity index (χ1v) is 4.93. The first-order chi connectivity index (χ1) is 8.86. The molecule has 2 unspecified atom stereocenters. The molecule has 0 aliphatic heterocycles. The Morgan fingerprint density at radius 1 is 1.15 bits per heavy atom. The molecule has 5 nitrogen and oxygen atoms in total. The summed E-state index contributed by atoms with van der Waals surface area (Å²) in [6.07, 6.45) is -7.33. The van der Waals surface area contributed by atoms with Crippen LogP contribution in [0.3, 0.4) is 0 Å². The molecule has 0 aromatic carbocycles. The molecular weight excluding hydrogens is 295 g/mol. The van der Waals surface area contributed by atoms with Crippen LogP contribution in [0.15, 0.2) is 0 Å². The fourth-order valence-corrected chi connectivity index (χ4v) is 0.652. The number of hydrogen-bond donors (Lipinski definition) is 1. The lowest BCUT2D eigenvalue weighted by atomic mass is 10.1. The molecule has 1 N–H and O–H groups in total. The van der Waals surface area contributed by atoms with Crippen LogP contribution >= 0.6 is 0 Å². The third-order valence-electron chi connectivity index (χ3n) is 1.81. The second kappa shape index (κ2) is 8.33. The molecule has 0 aliphatic rings. The van der Waals surface area contributed by atoms with E-state index < -0.39 is 48.3 Å². The van der Waals surface area contributed by atoms with Crippen LogP contribution in [-0.2, 0) is 19.2 Å². The number of halogens is 5. The van der Waals surface area contributed by atoms with E-state index >= 15 is 0 Å². The van der Waals surface area contributed by atoms with E-state index in [-0.39, 0.29) is 0 Å². The number of aliphatic carboxylic acids is 1. The lowest BCUT2D eigenvalue weighted by molar-refractivity contribution is -0.178. The largest absolute Gasteiger partial charge is 0.481 e. The minimum absolute atomic E-state index is 0.693. The highest BCUT2D eigenvalue weighted by molar-refractivity contribution is 6.04. The Balaban J connectivity index is 0. The van der Waals surface area contributed by atoms with Crippen molar-refractivity contribution in [2.45, 2.75) is 26.2 Å². The first-order valence-electron chi connectivity index (χ1n) is 4.93. The summed E-state index contributed by atoms with van der Waals surface area (Å²) >= 11 is 0. The Hall–Kier alpha value is -1.87. The summed E-state index contributed by atoms with van der Waals surface area (Å²) in [7, 11) is 0. The average molecular weight is 306 g/mol. The summed E-state index contributed by atoms with van der Waals surface area (Å²) < 4.78 is 57.6. The predicted molar refractivity (Wildman–Crippen MR) is 54.4 cm³/mol. The molecular formula is C10H11F5O5. The molecule has 0 amide bonds. The molecule has 0 aromatic heterocycles. The Labute approximate surface area is 109 Å². The molecule has 2 atom stereocenters. The smallest absolute Gasteiger partial charge is 0.450 e. The van der Waals surface area contributed by atoms with Crippen LogP contribution in [0, 0.1) is 5.92 Å². The zero-order valence-corrected chi connectivity index (χ0v) is 10.3. The molecule has 0 spiro atoms. The molecule has 0 radical (unpaired) electrons. The number of alkyl halides is 5. The van der Waals surface area contributed by atoms with E-state index in [4.69, 9.17) is 5.11 Å². The van der Waals surface area contributed by atoms with E-state index in [9.17, 15) is 41.1 Å². The summed E-state index contributed by atoms with van der Waals surface area (Å²) in [5, 5.41) is 7.99. The third-order valence-corrected chi connectivity index (χ3v) is 1.81. The highest BCUT2D eigenvalue weighted by atomic mass is 19.4. The van der Waals surface area contributed by atoms with Crippen molar-refractivity contribution in [2.24, 2.45) is 5.92 Å². The Morgan fingerprint density at radius 3 is 1.65 bits per heavy atom.